The van der Waals surface area contributed by atoms with Crippen molar-refractivity contribution in [1.29, 1.82) is 0 Å². The molecule has 0 aliphatic rings. The Kier molecular flexibility index (Phi) is 3.47. The molecule has 6 heteroatoms. The maximum Gasteiger partial charge on any atom is 0.157 e. The average Bonchev–Trinajstić information content (AvgIpc) is 2.87. The summed E-state index contributed by atoms with van der Waals surface area (Å²) in [6.07, 6.45) is 1.62. The minimum absolute atomic E-state index is 0.530. The van der Waals surface area contributed by atoms with Crippen molar-refractivity contribution < 1.29 is 0 Å². The van der Waals surface area contributed by atoms with Gasteiger partial charge in [0.15, 0.2) is 4.64 Å². The Morgan fingerprint density at radius 2 is 1.95 bits per heavy atom. The minimum atomic E-state index is 0.530. The van der Waals surface area contributed by atoms with E-state index in [1.807, 2.05) is 14.1 Å². The smallest absolute Gasteiger partial charge is 0.157 e. The normalized spacial score (nSPS) is 11.0. The molecule has 108 valence electrons. The van der Waals surface area contributed by atoms with Crippen molar-refractivity contribution in [2.75, 3.05) is 19.0 Å². The van der Waals surface area contributed by atoms with Gasteiger partial charge in [-0.15, -0.1) is 0 Å². The molecule has 5 nitrogen and oxygen atoms in total. The number of aromatic amines is 1. The highest BCUT2D eigenvalue weighted by molar-refractivity contribution is 7.71. The van der Waals surface area contributed by atoms with Crippen molar-refractivity contribution in [2.45, 2.75) is 13.5 Å². The second-order valence-corrected chi connectivity index (χ2v) is 5.41. The number of fused-ring (bicyclic) bond motifs is 1. The number of aromatic nitrogens is 4. The van der Waals surface area contributed by atoms with Crippen LogP contribution < -0.4 is 4.90 Å². The summed E-state index contributed by atoms with van der Waals surface area (Å²) < 4.78 is 2.65. The molecule has 0 amide bonds. The van der Waals surface area contributed by atoms with E-state index in [2.05, 4.69) is 55.6 Å². The summed E-state index contributed by atoms with van der Waals surface area (Å²) in [4.78, 5) is 14.0. The topological polar surface area (TPSA) is 49.7 Å². The summed E-state index contributed by atoms with van der Waals surface area (Å²) in [7, 11) is 4.06. The molecule has 0 radical (unpaired) electrons. The molecule has 1 N–H and O–H groups in total. The van der Waals surface area contributed by atoms with Crippen molar-refractivity contribution in [1.82, 2.24) is 19.5 Å². The van der Waals surface area contributed by atoms with E-state index < -0.39 is 0 Å². The molecule has 3 aromatic rings. The Morgan fingerprint density at radius 1 is 1.24 bits per heavy atom. The molecule has 0 aliphatic carbocycles. The molecule has 0 saturated heterocycles. The van der Waals surface area contributed by atoms with Gasteiger partial charge >= 0.3 is 0 Å². The number of H-pyrrole nitrogens is 1. The van der Waals surface area contributed by atoms with Crippen LogP contribution in [0.1, 0.15) is 6.92 Å². The number of hydrogen-bond acceptors (Lipinski definition) is 4. The van der Waals surface area contributed by atoms with Gasteiger partial charge < -0.3 is 14.5 Å². The Labute approximate surface area is 128 Å². The number of nitrogens with zero attached hydrogens (tertiary/aromatic N) is 4. The molecule has 0 bridgehead atoms. The predicted octanol–water partition coefficient (Wildman–Crippen LogP) is 3.24. The maximum atomic E-state index is 5.27. The quantitative estimate of drug-likeness (QED) is 0.754. The van der Waals surface area contributed by atoms with Crippen molar-refractivity contribution in [3.05, 3.63) is 35.2 Å². The van der Waals surface area contributed by atoms with Crippen LogP contribution in [-0.2, 0) is 6.54 Å². The third kappa shape index (κ3) is 2.31. The summed E-state index contributed by atoms with van der Waals surface area (Å²) in [5, 5.41) is 0. The number of aryl methyl sites for hydroxylation is 1. The lowest BCUT2D eigenvalue weighted by molar-refractivity contribution is 0.786. The fourth-order valence-electron chi connectivity index (χ4n) is 2.40. The Balaban J connectivity index is 2.20. The van der Waals surface area contributed by atoms with E-state index in [1.54, 1.807) is 6.33 Å². The molecule has 21 heavy (non-hydrogen) atoms. The highest BCUT2D eigenvalue weighted by Crippen LogP contribution is 2.25. The zero-order valence-corrected chi connectivity index (χ0v) is 13.1. The monoisotopic (exact) mass is 299 g/mol. The second-order valence-electron chi connectivity index (χ2n) is 5.03. The molecule has 3 rings (SSSR count). The first-order valence-corrected chi connectivity index (χ1v) is 7.24. The van der Waals surface area contributed by atoms with Gasteiger partial charge in [0, 0.05) is 31.9 Å². The van der Waals surface area contributed by atoms with Crippen LogP contribution in [0.3, 0.4) is 0 Å². The zero-order valence-electron chi connectivity index (χ0n) is 12.3. The van der Waals surface area contributed by atoms with E-state index in [0.29, 0.717) is 4.64 Å². The van der Waals surface area contributed by atoms with E-state index in [4.69, 9.17) is 12.2 Å². The van der Waals surface area contributed by atoms with Crippen LogP contribution in [0.15, 0.2) is 30.6 Å². The predicted molar refractivity (Wildman–Crippen MR) is 88.1 cm³/mol. The Bertz CT molecular complexity index is 829. The largest absolute Gasteiger partial charge is 0.378 e. The van der Waals surface area contributed by atoms with Crippen LogP contribution >= 0.6 is 12.2 Å². The minimum Gasteiger partial charge on any atom is -0.378 e. The molecule has 0 fully saturated rings. The summed E-state index contributed by atoms with van der Waals surface area (Å²) in [5.74, 6) is 0.910. The molecule has 2 heterocycles. The average molecular weight is 299 g/mol. The van der Waals surface area contributed by atoms with Gasteiger partial charge in [0.1, 0.15) is 17.0 Å². The Hall–Kier alpha value is -2.21. The first kappa shape index (κ1) is 13.8. The molecule has 0 spiro atoms. The van der Waals surface area contributed by atoms with Crippen LogP contribution in [0, 0.1) is 4.64 Å². The van der Waals surface area contributed by atoms with Crippen molar-refractivity contribution in [3.63, 3.8) is 0 Å². The molecule has 1 aromatic carbocycles. The van der Waals surface area contributed by atoms with Gasteiger partial charge in [0.25, 0.3) is 0 Å². The van der Waals surface area contributed by atoms with Gasteiger partial charge in [-0.3, -0.25) is 0 Å². The van der Waals surface area contributed by atoms with Gasteiger partial charge in [-0.05, 0) is 31.2 Å². The zero-order chi connectivity index (χ0) is 15.0. The Morgan fingerprint density at radius 3 is 2.57 bits per heavy atom. The van der Waals surface area contributed by atoms with E-state index >= 15 is 0 Å². The third-order valence-electron chi connectivity index (χ3n) is 3.51. The summed E-state index contributed by atoms with van der Waals surface area (Å²) in [6, 6.07) is 8.34. The number of imidazole rings is 1. The number of rotatable bonds is 3. The first-order chi connectivity index (χ1) is 10.1. The van der Waals surface area contributed by atoms with Gasteiger partial charge in [-0.1, -0.05) is 12.2 Å². The summed E-state index contributed by atoms with van der Waals surface area (Å²) in [5.41, 5.74) is 3.90. The van der Waals surface area contributed by atoms with Crippen LogP contribution in [0.25, 0.3) is 22.6 Å². The third-order valence-corrected chi connectivity index (χ3v) is 3.81. The SMILES string of the molecule is CCn1c(-c2ccc(N(C)C)cc2)nc2c(=S)nc[nH]c21. The van der Waals surface area contributed by atoms with E-state index in [1.165, 1.54) is 0 Å². The van der Waals surface area contributed by atoms with Crippen LogP contribution in [0.4, 0.5) is 5.69 Å². The van der Waals surface area contributed by atoms with Crippen LogP contribution in [0.5, 0.6) is 0 Å². The molecule has 0 atom stereocenters. The van der Waals surface area contributed by atoms with Crippen molar-refractivity contribution in [2.24, 2.45) is 0 Å². The molecular formula is C15H17N5S. The van der Waals surface area contributed by atoms with Crippen LogP contribution in [-0.4, -0.2) is 33.6 Å². The number of anilines is 1. The highest BCUT2D eigenvalue weighted by Gasteiger charge is 2.13. The fourth-order valence-corrected chi connectivity index (χ4v) is 2.59. The van der Waals surface area contributed by atoms with E-state index in [-0.39, 0.29) is 0 Å². The first-order valence-electron chi connectivity index (χ1n) is 6.83. The molecule has 0 unspecified atom stereocenters. The molecule has 0 saturated carbocycles. The molecule has 2 aromatic heterocycles. The number of benzene rings is 1. The fraction of sp³-hybridized carbons (Fsp3) is 0.267. The van der Waals surface area contributed by atoms with Gasteiger partial charge in [-0.2, -0.15) is 0 Å². The highest BCUT2D eigenvalue weighted by atomic mass is 32.1. The van der Waals surface area contributed by atoms with Gasteiger partial charge in [-0.25, -0.2) is 9.97 Å². The molecular weight excluding hydrogens is 282 g/mol. The van der Waals surface area contributed by atoms with Gasteiger partial charge in [0.2, 0.25) is 0 Å². The molecule has 0 aliphatic heterocycles. The summed E-state index contributed by atoms with van der Waals surface area (Å²) in [6.45, 7) is 2.91. The van der Waals surface area contributed by atoms with Crippen molar-refractivity contribution in [3.8, 4) is 11.4 Å². The van der Waals surface area contributed by atoms with Crippen LogP contribution in [0.2, 0.25) is 0 Å². The maximum absolute atomic E-state index is 5.27. The van der Waals surface area contributed by atoms with Crippen molar-refractivity contribution >= 4 is 29.1 Å². The van der Waals surface area contributed by atoms with E-state index in [0.717, 1.165) is 34.8 Å². The van der Waals surface area contributed by atoms with E-state index in [9.17, 15) is 0 Å². The lowest BCUT2D eigenvalue weighted by Gasteiger charge is -2.13. The lowest BCUT2D eigenvalue weighted by atomic mass is 10.2. The number of nitrogens with one attached hydrogen (secondary N) is 1. The standard InChI is InChI=1S/C15H17N5S/c1-4-20-13(10-5-7-11(8-6-10)19(2)3)18-12-14(20)16-9-17-15(12)21/h5-9H,4H2,1-3H3,(H,16,17,21). The summed E-state index contributed by atoms with van der Waals surface area (Å²) >= 11 is 5.27. The lowest BCUT2D eigenvalue weighted by Crippen LogP contribution is -2.08. The second kappa shape index (κ2) is 5.29. The van der Waals surface area contributed by atoms with Gasteiger partial charge in [0.05, 0.1) is 6.33 Å². The number of hydrogen-bond donors (Lipinski definition) is 1.